The summed E-state index contributed by atoms with van der Waals surface area (Å²) in [5, 5.41) is 10.5. The second-order valence-electron chi connectivity index (χ2n) is 3.64. The van der Waals surface area contributed by atoms with Crippen LogP contribution in [-0.2, 0) is 0 Å². The largest absolute Gasteiger partial charge is 0.472 e. The maximum absolute atomic E-state index is 11.8. The zero-order valence-electron chi connectivity index (χ0n) is 8.81. The maximum atomic E-state index is 11.8. The van der Waals surface area contributed by atoms with Crippen LogP contribution >= 0.6 is 0 Å². The third kappa shape index (κ3) is 1.78. The molecule has 1 aromatic carbocycles. The second kappa shape index (κ2) is 3.79. The Bertz CT molecular complexity index is 655. The minimum absolute atomic E-state index is 0.193. The SMILES string of the molecule is O=C(Nc1ccc2[nH]ncc2c1)c1ccoc1. The van der Waals surface area contributed by atoms with Gasteiger partial charge in [-0.3, -0.25) is 9.89 Å². The molecule has 0 bridgehead atoms. The number of nitrogens with one attached hydrogen (secondary N) is 2. The second-order valence-corrected chi connectivity index (χ2v) is 3.64. The van der Waals surface area contributed by atoms with E-state index in [1.54, 1.807) is 12.3 Å². The van der Waals surface area contributed by atoms with Gasteiger partial charge in [-0.15, -0.1) is 0 Å². The fourth-order valence-corrected chi connectivity index (χ4v) is 1.62. The molecule has 2 aromatic heterocycles. The maximum Gasteiger partial charge on any atom is 0.258 e. The molecule has 0 saturated heterocycles. The zero-order chi connectivity index (χ0) is 11.7. The van der Waals surface area contributed by atoms with E-state index in [-0.39, 0.29) is 5.91 Å². The van der Waals surface area contributed by atoms with Gasteiger partial charge in [0.25, 0.3) is 5.91 Å². The van der Waals surface area contributed by atoms with E-state index >= 15 is 0 Å². The smallest absolute Gasteiger partial charge is 0.258 e. The van der Waals surface area contributed by atoms with Crippen molar-refractivity contribution >= 4 is 22.5 Å². The van der Waals surface area contributed by atoms with Gasteiger partial charge in [-0.05, 0) is 24.3 Å². The van der Waals surface area contributed by atoms with E-state index in [2.05, 4.69) is 15.5 Å². The van der Waals surface area contributed by atoms with Crippen molar-refractivity contribution in [3.05, 3.63) is 48.6 Å². The van der Waals surface area contributed by atoms with E-state index in [9.17, 15) is 4.79 Å². The Hall–Kier alpha value is -2.56. The molecule has 0 aliphatic heterocycles. The van der Waals surface area contributed by atoms with Crippen LogP contribution in [-0.4, -0.2) is 16.1 Å². The van der Waals surface area contributed by atoms with Crippen molar-refractivity contribution in [3.8, 4) is 0 Å². The van der Waals surface area contributed by atoms with Gasteiger partial charge >= 0.3 is 0 Å². The molecular weight excluding hydrogens is 218 g/mol. The number of hydrogen-bond donors (Lipinski definition) is 2. The van der Waals surface area contributed by atoms with Gasteiger partial charge < -0.3 is 9.73 Å². The van der Waals surface area contributed by atoms with Crippen LogP contribution in [0.4, 0.5) is 5.69 Å². The molecule has 5 heteroatoms. The third-order valence-corrected chi connectivity index (χ3v) is 2.48. The number of benzene rings is 1. The highest BCUT2D eigenvalue weighted by molar-refractivity contribution is 6.04. The van der Waals surface area contributed by atoms with Gasteiger partial charge in [-0.2, -0.15) is 5.10 Å². The van der Waals surface area contributed by atoms with Gasteiger partial charge in [0.1, 0.15) is 6.26 Å². The summed E-state index contributed by atoms with van der Waals surface area (Å²) in [7, 11) is 0. The average molecular weight is 227 g/mol. The number of aromatic nitrogens is 2. The number of nitrogens with zero attached hydrogens (tertiary/aromatic N) is 1. The summed E-state index contributed by atoms with van der Waals surface area (Å²) in [5.41, 5.74) is 2.16. The van der Waals surface area contributed by atoms with Gasteiger partial charge in [0.15, 0.2) is 0 Å². The van der Waals surface area contributed by atoms with Gasteiger partial charge in [0, 0.05) is 11.1 Å². The molecule has 0 spiro atoms. The van der Waals surface area contributed by atoms with Crippen molar-refractivity contribution in [1.29, 1.82) is 0 Å². The van der Waals surface area contributed by atoms with Crippen LogP contribution in [0.15, 0.2) is 47.4 Å². The molecule has 0 unspecified atom stereocenters. The standard InChI is InChI=1S/C12H9N3O2/c16-12(8-3-4-17-7-8)14-10-1-2-11-9(5-10)6-13-15-11/h1-7H,(H,13,15)(H,14,16). The lowest BCUT2D eigenvalue weighted by atomic mass is 10.2. The normalized spacial score (nSPS) is 10.6. The number of H-pyrrole nitrogens is 1. The first-order chi connectivity index (χ1) is 8.33. The number of carbonyl (C=O) groups is 1. The minimum atomic E-state index is -0.193. The van der Waals surface area contributed by atoms with E-state index in [1.807, 2.05) is 18.2 Å². The summed E-state index contributed by atoms with van der Waals surface area (Å²) in [6.45, 7) is 0. The number of fused-ring (bicyclic) bond motifs is 1. The molecule has 0 radical (unpaired) electrons. The molecule has 3 rings (SSSR count). The first-order valence-corrected chi connectivity index (χ1v) is 5.09. The number of anilines is 1. The predicted molar refractivity (Wildman–Crippen MR) is 62.8 cm³/mol. The number of carbonyl (C=O) groups excluding carboxylic acids is 1. The van der Waals surface area contributed by atoms with E-state index in [1.165, 1.54) is 12.5 Å². The zero-order valence-corrected chi connectivity index (χ0v) is 8.81. The van der Waals surface area contributed by atoms with E-state index in [0.29, 0.717) is 5.56 Å². The summed E-state index contributed by atoms with van der Waals surface area (Å²) >= 11 is 0. The quantitative estimate of drug-likeness (QED) is 0.706. The fourth-order valence-electron chi connectivity index (χ4n) is 1.62. The van der Waals surface area contributed by atoms with Gasteiger partial charge in [0.05, 0.1) is 23.5 Å². The first kappa shape index (κ1) is 9.65. The summed E-state index contributed by atoms with van der Waals surface area (Å²) in [5.74, 6) is -0.193. The van der Waals surface area contributed by atoms with Crippen LogP contribution in [0.25, 0.3) is 10.9 Å². The number of furan rings is 1. The lowest BCUT2D eigenvalue weighted by Crippen LogP contribution is -2.10. The van der Waals surface area contributed by atoms with Crippen molar-refractivity contribution in [3.63, 3.8) is 0 Å². The minimum Gasteiger partial charge on any atom is -0.472 e. The van der Waals surface area contributed by atoms with E-state index in [0.717, 1.165) is 16.6 Å². The highest BCUT2D eigenvalue weighted by Gasteiger charge is 2.07. The highest BCUT2D eigenvalue weighted by Crippen LogP contribution is 2.17. The van der Waals surface area contributed by atoms with Crippen molar-refractivity contribution in [2.75, 3.05) is 5.32 Å². The van der Waals surface area contributed by atoms with Crippen LogP contribution in [0.5, 0.6) is 0 Å². The molecule has 3 aromatic rings. The number of hydrogen-bond acceptors (Lipinski definition) is 3. The molecule has 17 heavy (non-hydrogen) atoms. The Morgan fingerprint density at radius 3 is 3.12 bits per heavy atom. The topological polar surface area (TPSA) is 70.9 Å². The van der Waals surface area contributed by atoms with Crippen LogP contribution in [0.3, 0.4) is 0 Å². The fraction of sp³-hybridized carbons (Fsp3) is 0. The van der Waals surface area contributed by atoms with Crippen LogP contribution in [0.2, 0.25) is 0 Å². The highest BCUT2D eigenvalue weighted by atomic mass is 16.3. The number of aromatic amines is 1. The molecule has 0 atom stereocenters. The molecule has 5 nitrogen and oxygen atoms in total. The molecular formula is C12H9N3O2. The van der Waals surface area contributed by atoms with Gasteiger partial charge in [0.2, 0.25) is 0 Å². The molecule has 0 saturated carbocycles. The summed E-state index contributed by atoms with van der Waals surface area (Å²) in [4.78, 5) is 11.8. The molecule has 2 N–H and O–H groups in total. The Labute approximate surface area is 96.4 Å². The van der Waals surface area contributed by atoms with Crippen LogP contribution in [0.1, 0.15) is 10.4 Å². The van der Waals surface area contributed by atoms with Crippen molar-refractivity contribution < 1.29 is 9.21 Å². The lowest BCUT2D eigenvalue weighted by molar-refractivity contribution is 0.102. The summed E-state index contributed by atoms with van der Waals surface area (Å²) < 4.78 is 4.86. The summed E-state index contributed by atoms with van der Waals surface area (Å²) in [6, 6.07) is 7.16. The number of amides is 1. The molecule has 0 fully saturated rings. The number of rotatable bonds is 2. The third-order valence-electron chi connectivity index (χ3n) is 2.48. The van der Waals surface area contributed by atoms with Crippen molar-refractivity contribution in [1.82, 2.24) is 10.2 Å². The monoisotopic (exact) mass is 227 g/mol. The van der Waals surface area contributed by atoms with Gasteiger partial charge in [-0.25, -0.2) is 0 Å². The molecule has 2 heterocycles. The average Bonchev–Trinajstić information content (AvgIpc) is 2.99. The Morgan fingerprint density at radius 2 is 2.29 bits per heavy atom. The first-order valence-electron chi connectivity index (χ1n) is 5.09. The Morgan fingerprint density at radius 1 is 1.35 bits per heavy atom. The van der Waals surface area contributed by atoms with E-state index < -0.39 is 0 Å². The van der Waals surface area contributed by atoms with Crippen LogP contribution < -0.4 is 5.32 Å². The summed E-state index contributed by atoms with van der Waals surface area (Å²) in [6.07, 6.45) is 4.59. The molecule has 0 aliphatic carbocycles. The Kier molecular flexibility index (Phi) is 2.15. The molecule has 84 valence electrons. The van der Waals surface area contributed by atoms with Crippen LogP contribution in [0, 0.1) is 0 Å². The van der Waals surface area contributed by atoms with Gasteiger partial charge in [-0.1, -0.05) is 0 Å². The predicted octanol–water partition coefficient (Wildman–Crippen LogP) is 2.41. The molecule has 0 aliphatic rings. The van der Waals surface area contributed by atoms with Crippen molar-refractivity contribution in [2.24, 2.45) is 0 Å². The lowest BCUT2D eigenvalue weighted by Gasteiger charge is -2.02. The molecule has 1 amide bonds. The van der Waals surface area contributed by atoms with Crippen molar-refractivity contribution in [2.45, 2.75) is 0 Å². The van der Waals surface area contributed by atoms with E-state index in [4.69, 9.17) is 4.42 Å². The Balaban J connectivity index is 1.87.